The number of hydrogen-bond donors (Lipinski definition) is 2. The molecule has 6 nitrogen and oxygen atoms in total. The first-order valence-electron chi connectivity index (χ1n) is 6.46. The molecule has 1 saturated heterocycles. The number of anilines is 1. The van der Waals surface area contributed by atoms with Crippen LogP contribution in [0.1, 0.15) is 6.42 Å². The van der Waals surface area contributed by atoms with Crippen LogP contribution in [0, 0.1) is 5.92 Å². The van der Waals surface area contributed by atoms with Crippen molar-refractivity contribution in [2.45, 2.75) is 13.0 Å². The Labute approximate surface area is 112 Å². The minimum atomic E-state index is -0.218. The Kier molecular flexibility index (Phi) is 4.21. The van der Waals surface area contributed by atoms with Crippen LogP contribution in [0.2, 0.25) is 0 Å². The third-order valence-electron chi connectivity index (χ3n) is 3.40. The molecule has 1 aromatic rings. The van der Waals surface area contributed by atoms with E-state index in [-0.39, 0.29) is 18.0 Å². The second kappa shape index (κ2) is 5.88. The zero-order valence-corrected chi connectivity index (χ0v) is 11.1. The van der Waals surface area contributed by atoms with Crippen LogP contribution < -0.4 is 16.6 Å². The average molecular weight is 264 g/mol. The predicted molar refractivity (Wildman–Crippen MR) is 73.7 cm³/mol. The zero-order valence-electron chi connectivity index (χ0n) is 11.1. The lowest BCUT2D eigenvalue weighted by Crippen LogP contribution is -2.35. The summed E-state index contributed by atoms with van der Waals surface area (Å²) in [7, 11) is 2.08. The summed E-state index contributed by atoms with van der Waals surface area (Å²) in [4.78, 5) is 25.6. The largest absolute Gasteiger partial charge is 0.398 e. The van der Waals surface area contributed by atoms with E-state index in [0.717, 1.165) is 19.5 Å². The van der Waals surface area contributed by atoms with Gasteiger partial charge in [0.15, 0.2) is 0 Å². The third-order valence-corrected chi connectivity index (χ3v) is 3.40. The highest BCUT2D eigenvalue weighted by molar-refractivity contribution is 5.75. The molecule has 1 unspecified atom stereocenters. The highest BCUT2D eigenvalue weighted by Gasteiger charge is 2.19. The van der Waals surface area contributed by atoms with Crippen molar-refractivity contribution in [2.24, 2.45) is 5.92 Å². The van der Waals surface area contributed by atoms with Gasteiger partial charge in [-0.3, -0.25) is 9.59 Å². The van der Waals surface area contributed by atoms with Crippen LogP contribution in [-0.4, -0.2) is 42.1 Å². The van der Waals surface area contributed by atoms with Gasteiger partial charge < -0.3 is 20.5 Å². The number of amides is 1. The molecule has 1 aromatic heterocycles. The molecule has 0 bridgehead atoms. The molecule has 6 heteroatoms. The molecule has 1 aliphatic heterocycles. The van der Waals surface area contributed by atoms with Crippen LogP contribution in [0.25, 0.3) is 0 Å². The number of pyridine rings is 1. The third kappa shape index (κ3) is 3.82. The molecule has 0 aromatic carbocycles. The normalized spacial score (nSPS) is 19.5. The van der Waals surface area contributed by atoms with Crippen molar-refractivity contribution in [2.75, 3.05) is 32.4 Å². The molecule has 0 radical (unpaired) electrons. The molecule has 2 heterocycles. The highest BCUT2D eigenvalue weighted by atomic mass is 16.2. The first-order valence-corrected chi connectivity index (χ1v) is 6.46. The summed E-state index contributed by atoms with van der Waals surface area (Å²) in [5, 5.41) is 2.87. The van der Waals surface area contributed by atoms with Crippen molar-refractivity contribution in [3.05, 3.63) is 28.7 Å². The Morgan fingerprint density at radius 3 is 3.00 bits per heavy atom. The summed E-state index contributed by atoms with van der Waals surface area (Å²) in [5.74, 6) is 0.355. The molecule has 1 amide bonds. The number of rotatable bonds is 4. The Morgan fingerprint density at radius 1 is 1.53 bits per heavy atom. The van der Waals surface area contributed by atoms with Crippen molar-refractivity contribution in [1.29, 1.82) is 0 Å². The SMILES string of the molecule is CN1CCC(CNC(=O)Cn2cc(N)ccc2=O)C1. The standard InChI is InChI=1S/C13H20N4O2/c1-16-5-4-10(7-16)6-15-12(18)9-17-8-11(14)2-3-13(17)19/h2-3,8,10H,4-7,9,14H2,1H3,(H,15,18). The summed E-state index contributed by atoms with van der Waals surface area (Å²) < 4.78 is 1.32. The maximum atomic E-state index is 11.8. The molecule has 104 valence electrons. The second-order valence-corrected chi connectivity index (χ2v) is 5.15. The number of nitrogens with zero attached hydrogens (tertiary/aromatic N) is 2. The smallest absolute Gasteiger partial charge is 0.251 e. The highest BCUT2D eigenvalue weighted by Crippen LogP contribution is 2.12. The first-order chi connectivity index (χ1) is 9.04. The molecule has 1 aliphatic rings. The minimum absolute atomic E-state index is 0.0203. The molecular formula is C13H20N4O2. The number of aromatic nitrogens is 1. The van der Waals surface area contributed by atoms with Gasteiger partial charge in [0.1, 0.15) is 6.54 Å². The molecule has 0 spiro atoms. The topological polar surface area (TPSA) is 80.4 Å². The van der Waals surface area contributed by atoms with E-state index in [1.165, 1.54) is 22.9 Å². The van der Waals surface area contributed by atoms with E-state index in [9.17, 15) is 9.59 Å². The minimum Gasteiger partial charge on any atom is -0.398 e. The maximum Gasteiger partial charge on any atom is 0.251 e. The van der Waals surface area contributed by atoms with Crippen LogP contribution in [0.4, 0.5) is 5.69 Å². The van der Waals surface area contributed by atoms with Crippen LogP contribution in [0.5, 0.6) is 0 Å². The lowest BCUT2D eigenvalue weighted by Gasteiger charge is -2.12. The van der Waals surface area contributed by atoms with Crippen LogP contribution in [0.15, 0.2) is 23.1 Å². The van der Waals surface area contributed by atoms with E-state index in [1.807, 2.05) is 0 Å². The second-order valence-electron chi connectivity index (χ2n) is 5.15. The lowest BCUT2D eigenvalue weighted by molar-refractivity contribution is -0.121. The van der Waals surface area contributed by atoms with E-state index >= 15 is 0 Å². The van der Waals surface area contributed by atoms with E-state index in [0.29, 0.717) is 18.2 Å². The van der Waals surface area contributed by atoms with Gasteiger partial charge in [-0.25, -0.2) is 0 Å². The number of nitrogens with two attached hydrogens (primary N) is 1. The fourth-order valence-electron chi connectivity index (χ4n) is 2.34. The fraction of sp³-hybridized carbons (Fsp3) is 0.538. The number of carbonyl (C=O) groups is 1. The van der Waals surface area contributed by atoms with Crippen LogP contribution in [0.3, 0.4) is 0 Å². The molecule has 3 N–H and O–H groups in total. The van der Waals surface area contributed by atoms with Crippen molar-refractivity contribution in [3.8, 4) is 0 Å². The van der Waals surface area contributed by atoms with E-state index in [2.05, 4.69) is 17.3 Å². The number of nitrogen functional groups attached to an aromatic ring is 1. The quantitative estimate of drug-likeness (QED) is 0.768. The van der Waals surface area contributed by atoms with Crippen molar-refractivity contribution in [3.63, 3.8) is 0 Å². The number of carbonyl (C=O) groups excluding carboxylic acids is 1. The monoisotopic (exact) mass is 264 g/mol. The van der Waals surface area contributed by atoms with Gasteiger partial charge in [0, 0.05) is 31.0 Å². The molecule has 19 heavy (non-hydrogen) atoms. The molecule has 2 rings (SSSR count). The maximum absolute atomic E-state index is 11.8. The van der Waals surface area contributed by atoms with Gasteiger partial charge in [0.25, 0.3) is 5.56 Å². The van der Waals surface area contributed by atoms with E-state index < -0.39 is 0 Å². The summed E-state index contributed by atoms with van der Waals surface area (Å²) in [6, 6.07) is 2.90. The van der Waals surface area contributed by atoms with Crippen molar-refractivity contribution in [1.82, 2.24) is 14.8 Å². The predicted octanol–water partition coefficient (Wildman–Crippen LogP) is -0.502. The van der Waals surface area contributed by atoms with Gasteiger partial charge in [-0.1, -0.05) is 0 Å². The van der Waals surface area contributed by atoms with Gasteiger partial charge >= 0.3 is 0 Å². The number of nitrogens with one attached hydrogen (secondary N) is 1. The Morgan fingerprint density at radius 2 is 2.32 bits per heavy atom. The molecule has 0 aliphatic carbocycles. The molecule has 1 atom stereocenters. The Hall–Kier alpha value is -1.82. The Bertz CT molecular complexity index is 512. The average Bonchev–Trinajstić information content (AvgIpc) is 2.77. The Balaban J connectivity index is 1.84. The molecule has 0 saturated carbocycles. The fourth-order valence-corrected chi connectivity index (χ4v) is 2.34. The summed E-state index contributed by atoms with van der Waals surface area (Å²) in [6.45, 7) is 2.78. The summed E-state index contributed by atoms with van der Waals surface area (Å²) >= 11 is 0. The zero-order chi connectivity index (χ0) is 13.8. The van der Waals surface area contributed by atoms with E-state index in [4.69, 9.17) is 5.73 Å². The number of hydrogen-bond acceptors (Lipinski definition) is 4. The molecular weight excluding hydrogens is 244 g/mol. The molecule has 1 fully saturated rings. The van der Waals surface area contributed by atoms with Gasteiger partial charge in [0.05, 0.1) is 0 Å². The van der Waals surface area contributed by atoms with Crippen molar-refractivity contribution >= 4 is 11.6 Å². The summed E-state index contributed by atoms with van der Waals surface area (Å²) in [6.07, 6.45) is 2.60. The van der Waals surface area contributed by atoms with Gasteiger partial charge in [-0.05, 0) is 32.0 Å². The first kappa shape index (κ1) is 13.6. The van der Waals surface area contributed by atoms with E-state index in [1.54, 1.807) is 0 Å². The van der Waals surface area contributed by atoms with Gasteiger partial charge in [-0.2, -0.15) is 0 Å². The van der Waals surface area contributed by atoms with Crippen LogP contribution in [-0.2, 0) is 11.3 Å². The van der Waals surface area contributed by atoms with Crippen LogP contribution >= 0.6 is 0 Å². The van der Waals surface area contributed by atoms with Crippen molar-refractivity contribution < 1.29 is 4.79 Å². The number of likely N-dealkylation sites (tertiary alicyclic amines) is 1. The lowest BCUT2D eigenvalue weighted by atomic mass is 10.1. The van der Waals surface area contributed by atoms with Gasteiger partial charge in [0.2, 0.25) is 5.91 Å². The van der Waals surface area contributed by atoms with Gasteiger partial charge in [-0.15, -0.1) is 0 Å². The summed E-state index contributed by atoms with van der Waals surface area (Å²) in [5.41, 5.74) is 5.85.